The summed E-state index contributed by atoms with van der Waals surface area (Å²) in [5.74, 6) is 0. The van der Waals surface area contributed by atoms with Crippen LogP contribution < -0.4 is 5.73 Å². The molecule has 0 amide bonds. The third kappa shape index (κ3) is 2.91. The van der Waals surface area contributed by atoms with E-state index in [4.69, 9.17) is 18.0 Å². The number of rotatable bonds is 4. The molecule has 1 aromatic rings. The predicted molar refractivity (Wildman–Crippen MR) is 78.6 cm³/mol. The van der Waals surface area contributed by atoms with Gasteiger partial charge in [-0.2, -0.15) is 0 Å². The third-order valence-corrected chi connectivity index (χ3v) is 4.08. The molecule has 2 heterocycles. The summed E-state index contributed by atoms with van der Waals surface area (Å²) in [6.07, 6.45) is 4.27. The van der Waals surface area contributed by atoms with Crippen molar-refractivity contribution < 1.29 is 0 Å². The molecule has 5 heteroatoms. The van der Waals surface area contributed by atoms with E-state index in [0.717, 1.165) is 18.8 Å². The van der Waals surface area contributed by atoms with Crippen molar-refractivity contribution in [2.24, 2.45) is 5.73 Å². The van der Waals surface area contributed by atoms with Gasteiger partial charge in [0.25, 0.3) is 0 Å². The summed E-state index contributed by atoms with van der Waals surface area (Å²) in [5, 5.41) is 0. The van der Waals surface area contributed by atoms with Crippen LogP contribution in [-0.2, 0) is 0 Å². The minimum atomic E-state index is 0.0170. The van der Waals surface area contributed by atoms with Crippen LogP contribution in [0.4, 0.5) is 0 Å². The lowest BCUT2D eigenvalue weighted by Gasteiger charge is -2.38. The molecule has 3 N–H and O–H groups in total. The summed E-state index contributed by atoms with van der Waals surface area (Å²) in [6.45, 7) is 2.29. The molecule has 1 saturated heterocycles. The van der Waals surface area contributed by atoms with E-state index < -0.39 is 0 Å². The molecule has 2 rings (SSSR count). The van der Waals surface area contributed by atoms with E-state index in [1.807, 2.05) is 12.3 Å². The summed E-state index contributed by atoms with van der Waals surface area (Å²) in [6, 6.07) is 4.61. The molecule has 100 valence electrons. The second kappa shape index (κ2) is 5.82. The summed E-state index contributed by atoms with van der Waals surface area (Å²) in [7, 11) is 4.30. The van der Waals surface area contributed by atoms with Crippen molar-refractivity contribution in [2.45, 2.75) is 24.9 Å². The number of likely N-dealkylation sites (tertiary alicyclic amines) is 1. The molecule has 1 aliphatic heterocycles. The van der Waals surface area contributed by atoms with E-state index in [2.05, 4.69) is 34.9 Å². The largest absolute Gasteiger partial charge is 0.392 e. The van der Waals surface area contributed by atoms with Crippen LogP contribution >= 0.6 is 12.2 Å². The summed E-state index contributed by atoms with van der Waals surface area (Å²) >= 11 is 5.24. The SMILES string of the molecule is CN1CCC(N(C)C(C(N)=S)c2ccc[nH]2)CC1. The number of hydrogen-bond acceptors (Lipinski definition) is 3. The lowest BCUT2D eigenvalue weighted by Crippen LogP contribution is -2.46. The van der Waals surface area contributed by atoms with Crippen LogP contribution in [0.15, 0.2) is 18.3 Å². The first-order valence-corrected chi connectivity index (χ1v) is 6.83. The zero-order valence-corrected chi connectivity index (χ0v) is 11.9. The van der Waals surface area contributed by atoms with Crippen LogP contribution in [0.5, 0.6) is 0 Å². The molecule has 0 spiro atoms. The minimum Gasteiger partial charge on any atom is -0.392 e. The molecule has 0 saturated carbocycles. The van der Waals surface area contributed by atoms with Crippen molar-refractivity contribution in [3.05, 3.63) is 24.0 Å². The van der Waals surface area contributed by atoms with Gasteiger partial charge in [0.05, 0.1) is 4.99 Å². The number of nitrogens with zero attached hydrogens (tertiary/aromatic N) is 2. The van der Waals surface area contributed by atoms with Crippen molar-refractivity contribution in [1.29, 1.82) is 0 Å². The topological polar surface area (TPSA) is 48.3 Å². The molecule has 18 heavy (non-hydrogen) atoms. The van der Waals surface area contributed by atoms with Gasteiger partial charge in [-0.15, -0.1) is 0 Å². The maximum absolute atomic E-state index is 5.92. The highest BCUT2D eigenvalue weighted by Crippen LogP contribution is 2.25. The Balaban J connectivity index is 2.09. The van der Waals surface area contributed by atoms with Crippen molar-refractivity contribution in [1.82, 2.24) is 14.8 Å². The Labute approximate surface area is 114 Å². The molecule has 1 atom stereocenters. The van der Waals surface area contributed by atoms with Crippen LogP contribution in [0, 0.1) is 0 Å². The number of nitrogens with two attached hydrogens (primary N) is 1. The van der Waals surface area contributed by atoms with Gasteiger partial charge in [-0.05, 0) is 52.2 Å². The molecule has 1 aromatic heterocycles. The minimum absolute atomic E-state index is 0.0170. The lowest BCUT2D eigenvalue weighted by molar-refractivity contribution is 0.129. The van der Waals surface area contributed by atoms with Gasteiger partial charge in [0.15, 0.2) is 0 Å². The number of H-pyrrole nitrogens is 1. The fraction of sp³-hybridized carbons (Fsp3) is 0.615. The van der Waals surface area contributed by atoms with E-state index in [0.29, 0.717) is 11.0 Å². The molecule has 0 aromatic carbocycles. The van der Waals surface area contributed by atoms with Crippen molar-refractivity contribution in [3.8, 4) is 0 Å². The molecule has 1 aliphatic rings. The number of nitrogens with one attached hydrogen (secondary N) is 1. The maximum atomic E-state index is 5.92. The Morgan fingerprint density at radius 3 is 2.72 bits per heavy atom. The molecule has 0 aliphatic carbocycles. The highest BCUT2D eigenvalue weighted by Gasteiger charge is 2.28. The number of likely N-dealkylation sites (N-methyl/N-ethyl adjacent to an activating group) is 1. The van der Waals surface area contributed by atoms with E-state index >= 15 is 0 Å². The average molecular weight is 266 g/mol. The molecular weight excluding hydrogens is 244 g/mol. The van der Waals surface area contributed by atoms with Crippen LogP contribution in [0.1, 0.15) is 24.6 Å². The molecular formula is C13H22N4S. The Morgan fingerprint density at radius 2 is 2.22 bits per heavy atom. The van der Waals surface area contributed by atoms with Crippen molar-refractivity contribution in [3.63, 3.8) is 0 Å². The van der Waals surface area contributed by atoms with Crippen LogP contribution in [0.25, 0.3) is 0 Å². The molecule has 4 nitrogen and oxygen atoms in total. The number of aromatic amines is 1. The normalized spacial score (nSPS) is 20.2. The fourth-order valence-electron chi connectivity index (χ4n) is 2.70. The highest BCUT2D eigenvalue weighted by atomic mass is 32.1. The Bertz CT molecular complexity index is 382. The Hall–Kier alpha value is -0.910. The van der Waals surface area contributed by atoms with Crippen LogP contribution in [0.3, 0.4) is 0 Å². The van der Waals surface area contributed by atoms with Crippen molar-refractivity contribution >= 4 is 17.2 Å². The second-order valence-corrected chi connectivity index (χ2v) is 5.60. The molecule has 1 fully saturated rings. The number of aromatic nitrogens is 1. The predicted octanol–water partition coefficient (Wildman–Crippen LogP) is 1.37. The zero-order chi connectivity index (χ0) is 13.1. The summed E-state index contributed by atoms with van der Waals surface area (Å²) in [5.41, 5.74) is 7.01. The average Bonchev–Trinajstić information content (AvgIpc) is 2.83. The standard InChI is InChI=1S/C13H22N4S/c1-16-8-5-10(6-9-16)17(2)12(13(14)18)11-4-3-7-15-11/h3-4,7,10,12,15H,5-6,8-9H2,1-2H3,(H2,14,18). The first-order valence-electron chi connectivity index (χ1n) is 6.42. The van der Waals surface area contributed by atoms with Gasteiger partial charge in [0.2, 0.25) is 0 Å². The molecule has 0 bridgehead atoms. The van der Waals surface area contributed by atoms with Gasteiger partial charge in [0.1, 0.15) is 6.04 Å². The molecule has 0 radical (unpaired) electrons. The fourth-order valence-corrected chi connectivity index (χ4v) is 2.99. The summed E-state index contributed by atoms with van der Waals surface area (Å²) < 4.78 is 0. The van der Waals surface area contributed by atoms with Gasteiger partial charge >= 0.3 is 0 Å². The lowest BCUT2D eigenvalue weighted by atomic mass is 10.0. The third-order valence-electron chi connectivity index (χ3n) is 3.86. The highest BCUT2D eigenvalue weighted by molar-refractivity contribution is 7.80. The number of thiocarbonyl (C=S) groups is 1. The molecule has 1 unspecified atom stereocenters. The first kappa shape index (κ1) is 13.5. The van der Waals surface area contributed by atoms with Gasteiger partial charge < -0.3 is 15.6 Å². The quantitative estimate of drug-likeness (QED) is 0.808. The monoisotopic (exact) mass is 266 g/mol. The van der Waals surface area contributed by atoms with Gasteiger partial charge in [-0.3, -0.25) is 4.90 Å². The van der Waals surface area contributed by atoms with E-state index in [1.54, 1.807) is 0 Å². The maximum Gasteiger partial charge on any atom is 0.101 e. The van der Waals surface area contributed by atoms with Gasteiger partial charge in [-0.25, -0.2) is 0 Å². The zero-order valence-electron chi connectivity index (χ0n) is 11.1. The van der Waals surface area contributed by atoms with E-state index in [1.165, 1.54) is 12.8 Å². The first-order chi connectivity index (χ1) is 8.59. The Morgan fingerprint density at radius 1 is 1.56 bits per heavy atom. The Kier molecular flexibility index (Phi) is 4.37. The van der Waals surface area contributed by atoms with Crippen LogP contribution in [0.2, 0.25) is 0 Å². The van der Waals surface area contributed by atoms with Crippen molar-refractivity contribution in [2.75, 3.05) is 27.2 Å². The van der Waals surface area contributed by atoms with E-state index in [9.17, 15) is 0 Å². The van der Waals surface area contributed by atoms with Gasteiger partial charge in [0, 0.05) is 17.9 Å². The smallest absolute Gasteiger partial charge is 0.101 e. The summed E-state index contributed by atoms with van der Waals surface area (Å²) in [4.78, 5) is 8.46. The van der Waals surface area contributed by atoms with E-state index in [-0.39, 0.29) is 6.04 Å². The number of piperidine rings is 1. The number of hydrogen-bond donors (Lipinski definition) is 2. The van der Waals surface area contributed by atoms with Gasteiger partial charge in [-0.1, -0.05) is 12.2 Å². The van der Waals surface area contributed by atoms with Crippen LogP contribution in [-0.4, -0.2) is 53.0 Å². The second-order valence-electron chi connectivity index (χ2n) is 5.13.